The lowest BCUT2D eigenvalue weighted by Gasteiger charge is -2.40. The Bertz CT molecular complexity index is 1270. The number of carbonyl (C=O) groups is 4. The minimum absolute atomic E-state index is 0.129. The average molecular weight is 586 g/mol. The van der Waals surface area contributed by atoms with Crippen molar-refractivity contribution in [3.63, 3.8) is 0 Å². The number of aliphatic hydroxyl groups is 1. The minimum Gasteiger partial charge on any atom is -0.460 e. The number of amides is 3. The molecule has 11 heteroatoms. The van der Waals surface area contributed by atoms with Crippen LogP contribution < -0.4 is 10.2 Å². The summed E-state index contributed by atoms with van der Waals surface area (Å²) in [5.41, 5.74) is -0.858. The fraction of sp³-hybridized carbons (Fsp3) is 0.533. The molecule has 1 aromatic rings. The molecule has 3 amide bonds. The first-order chi connectivity index (χ1) is 19.6. The standard InChI is InChI=1S/C30H36ClN3O7/c1-17(2)21(16-35)34-26-28(38)33(20-10-8-19(31)9-11-20)14-6-4-5-7-23(36)32-15-18(3)40-29(39)24-22-12-13-30(26,41-22)25(24)27(34)37/h4,6,8-13,17-18,21-22,24-26,35H,5,7,14-16H2,1-3H3,(H,32,36)/b6-4-/t18-,21+,22+,24-,25-,26+,30-/m1/s1. The molecule has 41 heavy (non-hydrogen) atoms. The SMILES string of the molecule is CC(C)[C@H](CO)N1C(=O)[C@H]2[C@@H]3C(=O)O[C@H](C)CNC(=O)CC/C=C\CN(c4ccc(Cl)cc4)C(=O)[C@H]1[C@@]21C=C[C@@H]3O1. The lowest BCUT2D eigenvalue weighted by atomic mass is 9.74. The van der Waals surface area contributed by atoms with Crippen molar-refractivity contribution < 1.29 is 33.8 Å². The second-order valence-corrected chi connectivity index (χ2v) is 11.9. The number of benzene rings is 1. The maximum Gasteiger partial charge on any atom is 0.313 e. The van der Waals surface area contributed by atoms with Gasteiger partial charge in [-0.05, 0) is 43.5 Å². The summed E-state index contributed by atoms with van der Waals surface area (Å²) in [6.07, 6.45) is 6.38. The van der Waals surface area contributed by atoms with Gasteiger partial charge in [0.15, 0.2) is 0 Å². The van der Waals surface area contributed by atoms with Crippen molar-refractivity contribution in [2.75, 3.05) is 24.6 Å². The molecule has 1 aromatic carbocycles. The van der Waals surface area contributed by atoms with Gasteiger partial charge in [-0.15, -0.1) is 0 Å². The van der Waals surface area contributed by atoms with Gasteiger partial charge in [-0.1, -0.05) is 49.8 Å². The summed E-state index contributed by atoms with van der Waals surface area (Å²) in [5, 5.41) is 13.7. The molecule has 0 aromatic heterocycles. The Labute approximate surface area is 244 Å². The third-order valence-electron chi connectivity index (χ3n) is 8.43. The monoisotopic (exact) mass is 585 g/mol. The zero-order valence-corrected chi connectivity index (χ0v) is 24.1. The summed E-state index contributed by atoms with van der Waals surface area (Å²) in [6, 6.07) is 4.96. The van der Waals surface area contributed by atoms with Crippen LogP contribution in [0.3, 0.4) is 0 Å². The number of allylic oxidation sites excluding steroid dienone is 1. The van der Waals surface area contributed by atoms with Crippen molar-refractivity contribution >= 4 is 41.0 Å². The number of rotatable bonds is 4. The molecule has 220 valence electrons. The van der Waals surface area contributed by atoms with Crippen LogP contribution in [0.15, 0.2) is 48.6 Å². The van der Waals surface area contributed by atoms with Gasteiger partial charge in [0, 0.05) is 23.7 Å². The van der Waals surface area contributed by atoms with Crippen LogP contribution in [0.1, 0.15) is 33.6 Å². The Kier molecular flexibility index (Phi) is 8.27. The summed E-state index contributed by atoms with van der Waals surface area (Å²) in [6.45, 7) is 5.33. The Morgan fingerprint density at radius 1 is 1.12 bits per heavy atom. The molecule has 2 fully saturated rings. The number of halogens is 1. The number of ether oxygens (including phenoxy) is 2. The van der Waals surface area contributed by atoms with E-state index in [2.05, 4.69) is 5.32 Å². The van der Waals surface area contributed by atoms with Crippen molar-refractivity contribution in [2.45, 2.75) is 63.5 Å². The number of nitrogens with one attached hydrogen (secondary N) is 1. The predicted molar refractivity (Wildman–Crippen MR) is 151 cm³/mol. The lowest BCUT2D eigenvalue weighted by Crippen LogP contribution is -2.59. The molecule has 7 atom stereocenters. The van der Waals surface area contributed by atoms with E-state index in [0.717, 1.165) is 0 Å². The van der Waals surface area contributed by atoms with E-state index in [0.29, 0.717) is 17.1 Å². The minimum atomic E-state index is -1.41. The van der Waals surface area contributed by atoms with E-state index in [1.165, 1.54) is 4.90 Å². The van der Waals surface area contributed by atoms with E-state index < -0.39 is 59.5 Å². The normalized spacial score (nSPS) is 33.7. The van der Waals surface area contributed by atoms with Gasteiger partial charge in [0.2, 0.25) is 11.8 Å². The Balaban J connectivity index is 1.63. The van der Waals surface area contributed by atoms with Crippen LogP contribution in [0.4, 0.5) is 5.69 Å². The number of anilines is 1. The van der Waals surface area contributed by atoms with Crippen LogP contribution in [0.2, 0.25) is 5.02 Å². The fourth-order valence-electron chi connectivity index (χ4n) is 6.40. The Morgan fingerprint density at radius 2 is 1.85 bits per heavy atom. The summed E-state index contributed by atoms with van der Waals surface area (Å²) in [5.74, 6) is -3.83. The van der Waals surface area contributed by atoms with Crippen LogP contribution >= 0.6 is 11.6 Å². The molecular formula is C30H36ClN3O7. The van der Waals surface area contributed by atoms with Crippen LogP contribution in [-0.4, -0.2) is 83.3 Å². The molecule has 4 heterocycles. The maximum absolute atomic E-state index is 14.7. The van der Waals surface area contributed by atoms with Crippen molar-refractivity contribution in [3.8, 4) is 0 Å². The maximum atomic E-state index is 14.7. The van der Waals surface area contributed by atoms with Gasteiger partial charge in [-0.3, -0.25) is 19.2 Å². The number of hydrogen-bond acceptors (Lipinski definition) is 7. The first kappa shape index (κ1) is 29.3. The van der Waals surface area contributed by atoms with Gasteiger partial charge >= 0.3 is 5.97 Å². The number of nitrogens with zero attached hydrogens (tertiary/aromatic N) is 2. The van der Waals surface area contributed by atoms with E-state index in [4.69, 9.17) is 21.1 Å². The smallest absolute Gasteiger partial charge is 0.313 e. The molecule has 10 nitrogen and oxygen atoms in total. The topological polar surface area (TPSA) is 125 Å². The Hall–Kier alpha value is -3.21. The molecule has 0 saturated carbocycles. The van der Waals surface area contributed by atoms with E-state index in [1.807, 2.05) is 19.9 Å². The number of aliphatic hydroxyl groups excluding tert-OH is 1. The van der Waals surface area contributed by atoms with Gasteiger partial charge in [0.05, 0.1) is 31.2 Å². The van der Waals surface area contributed by atoms with Crippen molar-refractivity contribution in [1.29, 1.82) is 0 Å². The number of hydrogen-bond donors (Lipinski definition) is 2. The molecule has 0 aliphatic carbocycles. The van der Waals surface area contributed by atoms with E-state index in [-0.39, 0.29) is 37.9 Å². The third-order valence-corrected chi connectivity index (χ3v) is 8.68. The lowest BCUT2D eigenvalue weighted by molar-refractivity contribution is -0.159. The summed E-state index contributed by atoms with van der Waals surface area (Å²) < 4.78 is 12.1. The highest BCUT2D eigenvalue weighted by Gasteiger charge is 2.74. The van der Waals surface area contributed by atoms with Crippen molar-refractivity contribution in [2.24, 2.45) is 17.8 Å². The van der Waals surface area contributed by atoms with Gasteiger partial charge in [-0.2, -0.15) is 0 Å². The number of carbonyl (C=O) groups excluding carboxylic acids is 4. The largest absolute Gasteiger partial charge is 0.460 e. The Morgan fingerprint density at radius 3 is 2.54 bits per heavy atom. The van der Waals surface area contributed by atoms with E-state index >= 15 is 0 Å². The van der Waals surface area contributed by atoms with Crippen LogP contribution in [0.5, 0.6) is 0 Å². The molecule has 2 saturated heterocycles. The third kappa shape index (κ3) is 5.17. The van der Waals surface area contributed by atoms with Crippen molar-refractivity contribution in [1.82, 2.24) is 10.2 Å². The summed E-state index contributed by atoms with van der Waals surface area (Å²) in [4.78, 5) is 57.8. The number of esters is 1. The molecule has 2 N–H and O–H groups in total. The molecule has 5 rings (SSSR count). The van der Waals surface area contributed by atoms with Gasteiger partial charge in [0.1, 0.15) is 23.7 Å². The van der Waals surface area contributed by atoms with E-state index in [9.17, 15) is 24.3 Å². The second-order valence-electron chi connectivity index (χ2n) is 11.4. The first-order valence-corrected chi connectivity index (χ1v) is 14.5. The zero-order valence-electron chi connectivity index (χ0n) is 23.4. The van der Waals surface area contributed by atoms with Gasteiger partial charge < -0.3 is 29.7 Å². The summed E-state index contributed by atoms with van der Waals surface area (Å²) >= 11 is 6.14. The number of cyclic esters (lactones) is 1. The molecule has 0 unspecified atom stereocenters. The molecule has 0 radical (unpaired) electrons. The molecule has 4 aliphatic heterocycles. The molecule has 4 aliphatic rings. The highest BCUT2D eigenvalue weighted by atomic mass is 35.5. The van der Waals surface area contributed by atoms with Gasteiger partial charge in [-0.25, -0.2) is 0 Å². The molecule has 5 bridgehead atoms. The zero-order chi connectivity index (χ0) is 29.5. The van der Waals surface area contributed by atoms with Crippen LogP contribution in [-0.2, 0) is 28.7 Å². The quantitative estimate of drug-likeness (QED) is 0.410. The highest BCUT2D eigenvalue weighted by molar-refractivity contribution is 6.30. The van der Waals surface area contributed by atoms with E-state index in [1.54, 1.807) is 54.3 Å². The first-order valence-electron chi connectivity index (χ1n) is 14.1. The van der Waals surface area contributed by atoms with Gasteiger partial charge in [0.25, 0.3) is 5.91 Å². The summed E-state index contributed by atoms with van der Waals surface area (Å²) in [7, 11) is 0. The second kappa shape index (κ2) is 11.6. The van der Waals surface area contributed by atoms with Crippen LogP contribution in [0.25, 0.3) is 0 Å². The highest BCUT2D eigenvalue weighted by Crippen LogP contribution is 2.56. The average Bonchev–Trinajstić information content (AvgIpc) is 3.57. The van der Waals surface area contributed by atoms with Crippen LogP contribution in [0, 0.1) is 17.8 Å². The number of fused-ring (bicyclic) bond motifs is 2. The number of likely N-dealkylation sites (tertiary alicyclic amines) is 1. The van der Waals surface area contributed by atoms with Crippen molar-refractivity contribution in [3.05, 3.63) is 53.6 Å². The predicted octanol–water partition coefficient (Wildman–Crippen LogP) is 2.24. The molecule has 1 spiro atoms. The fourth-order valence-corrected chi connectivity index (χ4v) is 6.53. The molecular weight excluding hydrogens is 550 g/mol.